The SMILES string of the molecule is CCN(CC)C(=O)c1cc(F)ccc1C#CCN. The van der Waals surface area contributed by atoms with Gasteiger partial charge in [-0.2, -0.15) is 0 Å². The van der Waals surface area contributed by atoms with E-state index in [1.54, 1.807) is 4.90 Å². The van der Waals surface area contributed by atoms with E-state index >= 15 is 0 Å². The maximum absolute atomic E-state index is 13.3. The minimum Gasteiger partial charge on any atom is -0.339 e. The molecule has 0 heterocycles. The fourth-order valence-electron chi connectivity index (χ4n) is 1.63. The molecule has 0 radical (unpaired) electrons. The highest BCUT2D eigenvalue weighted by Crippen LogP contribution is 2.13. The molecule has 0 atom stereocenters. The van der Waals surface area contributed by atoms with Crippen LogP contribution in [-0.2, 0) is 0 Å². The van der Waals surface area contributed by atoms with E-state index in [1.165, 1.54) is 18.2 Å². The van der Waals surface area contributed by atoms with Gasteiger partial charge < -0.3 is 10.6 Å². The molecule has 0 saturated carbocycles. The van der Waals surface area contributed by atoms with Crippen molar-refractivity contribution in [2.24, 2.45) is 5.73 Å². The molecule has 0 aliphatic carbocycles. The zero-order valence-electron chi connectivity index (χ0n) is 10.7. The molecule has 1 aromatic carbocycles. The highest BCUT2D eigenvalue weighted by atomic mass is 19.1. The molecular weight excluding hydrogens is 231 g/mol. The van der Waals surface area contributed by atoms with E-state index in [0.29, 0.717) is 24.2 Å². The van der Waals surface area contributed by atoms with E-state index in [4.69, 9.17) is 5.73 Å². The Morgan fingerprint density at radius 3 is 2.61 bits per heavy atom. The molecule has 0 spiro atoms. The number of carbonyl (C=O) groups is 1. The van der Waals surface area contributed by atoms with Gasteiger partial charge in [0, 0.05) is 18.7 Å². The Hall–Kier alpha value is -1.86. The van der Waals surface area contributed by atoms with Crippen LogP contribution >= 0.6 is 0 Å². The van der Waals surface area contributed by atoms with Crippen LogP contribution in [0.3, 0.4) is 0 Å². The van der Waals surface area contributed by atoms with Crippen LogP contribution in [0.5, 0.6) is 0 Å². The molecule has 96 valence electrons. The average Bonchev–Trinajstić information content (AvgIpc) is 2.38. The lowest BCUT2D eigenvalue weighted by Gasteiger charge is -2.19. The highest BCUT2D eigenvalue weighted by molar-refractivity contribution is 5.96. The van der Waals surface area contributed by atoms with E-state index in [-0.39, 0.29) is 12.5 Å². The lowest BCUT2D eigenvalue weighted by atomic mass is 10.1. The second-order valence-corrected chi connectivity index (χ2v) is 3.67. The van der Waals surface area contributed by atoms with Crippen LogP contribution in [0.4, 0.5) is 4.39 Å². The van der Waals surface area contributed by atoms with Gasteiger partial charge in [-0.15, -0.1) is 0 Å². The summed E-state index contributed by atoms with van der Waals surface area (Å²) in [4.78, 5) is 13.8. The fraction of sp³-hybridized carbons (Fsp3) is 0.357. The summed E-state index contributed by atoms with van der Waals surface area (Å²) < 4.78 is 13.3. The molecular formula is C14H17FN2O. The lowest BCUT2D eigenvalue weighted by Crippen LogP contribution is -2.31. The maximum atomic E-state index is 13.3. The standard InChI is InChI=1S/C14H17FN2O/c1-3-17(4-2)14(18)13-10-12(15)8-7-11(13)6-5-9-16/h7-8,10H,3-4,9,16H2,1-2H3. The molecule has 1 amide bonds. The number of nitrogens with two attached hydrogens (primary N) is 1. The number of hydrogen-bond donors (Lipinski definition) is 1. The van der Waals surface area contributed by atoms with Crippen molar-refractivity contribution in [1.29, 1.82) is 0 Å². The Labute approximate surface area is 107 Å². The molecule has 18 heavy (non-hydrogen) atoms. The second kappa shape index (κ2) is 6.77. The van der Waals surface area contributed by atoms with E-state index in [1.807, 2.05) is 13.8 Å². The second-order valence-electron chi connectivity index (χ2n) is 3.67. The number of nitrogens with zero attached hydrogens (tertiary/aromatic N) is 1. The lowest BCUT2D eigenvalue weighted by molar-refractivity contribution is 0.0772. The normalized spacial score (nSPS) is 9.56. The van der Waals surface area contributed by atoms with Crippen LogP contribution < -0.4 is 5.73 Å². The number of hydrogen-bond acceptors (Lipinski definition) is 2. The van der Waals surface area contributed by atoms with Gasteiger partial charge in [0.25, 0.3) is 5.91 Å². The summed E-state index contributed by atoms with van der Waals surface area (Å²) in [6.07, 6.45) is 0. The Bertz CT molecular complexity index is 484. The Morgan fingerprint density at radius 2 is 2.06 bits per heavy atom. The number of benzene rings is 1. The van der Waals surface area contributed by atoms with E-state index in [0.717, 1.165) is 0 Å². The molecule has 0 unspecified atom stereocenters. The number of rotatable bonds is 3. The summed E-state index contributed by atoms with van der Waals surface area (Å²) >= 11 is 0. The largest absolute Gasteiger partial charge is 0.339 e. The number of amides is 1. The first-order valence-corrected chi connectivity index (χ1v) is 5.91. The van der Waals surface area contributed by atoms with E-state index in [9.17, 15) is 9.18 Å². The Balaban J connectivity index is 3.20. The quantitative estimate of drug-likeness (QED) is 0.826. The van der Waals surface area contributed by atoms with Crippen LogP contribution in [0, 0.1) is 17.7 Å². The zero-order chi connectivity index (χ0) is 13.5. The summed E-state index contributed by atoms with van der Waals surface area (Å²) in [6.45, 7) is 5.12. The van der Waals surface area contributed by atoms with Gasteiger partial charge in [0.05, 0.1) is 12.1 Å². The molecule has 1 aromatic rings. The molecule has 0 aliphatic rings. The molecule has 3 nitrogen and oxygen atoms in total. The van der Waals surface area contributed by atoms with Gasteiger partial charge in [-0.25, -0.2) is 4.39 Å². The van der Waals surface area contributed by atoms with Crippen molar-refractivity contribution in [2.75, 3.05) is 19.6 Å². The smallest absolute Gasteiger partial charge is 0.255 e. The van der Waals surface area contributed by atoms with Gasteiger partial charge >= 0.3 is 0 Å². The molecule has 2 N–H and O–H groups in total. The molecule has 0 aromatic heterocycles. The summed E-state index contributed by atoms with van der Waals surface area (Å²) in [5.74, 6) is 4.83. The van der Waals surface area contributed by atoms with Crippen molar-refractivity contribution in [3.8, 4) is 11.8 Å². The topological polar surface area (TPSA) is 46.3 Å². The van der Waals surface area contributed by atoms with Crippen LogP contribution in [-0.4, -0.2) is 30.4 Å². The van der Waals surface area contributed by atoms with Gasteiger partial charge in [-0.1, -0.05) is 11.8 Å². The molecule has 1 rings (SSSR count). The van der Waals surface area contributed by atoms with Crippen molar-refractivity contribution < 1.29 is 9.18 Å². The third kappa shape index (κ3) is 3.31. The first-order valence-electron chi connectivity index (χ1n) is 5.91. The van der Waals surface area contributed by atoms with Crippen molar-refractivity contribution in [3.63, 3.8) is 0 Å². The first kappa shape index (κ1) is 14.2. The Morgan fingerprint density at radius 1 is 1.39 bits per heavy atom. The first-order chi connectivity index (χ1) is 8.63. The van der Waals surface area contributed by atoms with Crippen molar-refractivity contribution in [1.82, 2.24) is 4.90 Å². The summed E-state index contributed by atoms with van der Waals surface area (Å²) in [7, 11) is 0. The monoisotopic (exact) mass is 248 g/mol. The average molecular weight is 248 g/mol. The molecule has 0 saturated heterocycles. The van der Waals surface area contributed by atoms with Crippen LogP contribution in [0.25, 0.3) is 0 Å². The molecule has 0 fully saturated rings. The fourth-order valence-corrected chi connectivity index (χ4v) is 1.63. The summed E-state index contributed by atoms with van der Waals surface area (Å²) in [6, 6.07) is 4.02. The van der Waals surface area contributed by atoms with E-state index in [2.05, 4.69) is 11.8 Å². The Kier molecular flexibility index (Phi) is 5.34. The van der Waals surface area contributed by atoms with Crippen molar-refractivity contribution >= 4 is 5.91 Å². The minimum atomic E-state index is -0.441. The minimum absolute atomic E-state index is 0.205. The van der Waals surface area contributed by atoms with Crippen molar-refractivity contribution in [2.45, 2.75) is 13.8 Å². The summed E-state index contributed by atoms with van der Waals surface area (Å²) in [5.41, 5.74) is 6.11. The number of carbonyl (C=O) groups excluding carboxylic acids is 1. The van der Waals surface area contributed by atoms with Gasteiger partial charge in [0.1, 0.15) is 5.82 Å². The number of halogens is 1. The highest BCUT2D eigenvalue weighted by Gasteiger charge is 2.16. The van der Waals surface area contributed by atoms with Gasteiger partial charge in [-0.3, -0.25) is 4.79 Å². The van der Waals surface area contributed by atoms with Crippen LogP contribution in [0.2, 0.25) is 0 Å². The molecule has 0 bridgehead atoms. The van der Waals surface area contributed by atoms with Crippen LogP contribution in [0.15, 0.2) is 18.2 Å². The van der Waals surface area contributed by atoms with Gasteiger partial charge in [0.2, 0.25) is 0 Å². The predicted octanol–water partition coefficient (Wildman–Crippen LogP) is 1.62. The maximum Gasteiger partial charge on any atom is 0.255 e. The molecule has 0 aliphatic heterocycles. The molecule has 4 heteroatoms. The van der Waals surface area contributed by atoms with E-state index < -0.39 is 5.82 Å². The summed E-state index contributed by atoms with van der Waals surface area (Å²) in [5, 5.41) is 0. The van der Waals surface area contributed by atoms with Crippen molar-refractivity contribution in [3.05, 3.63) is 35.1 Å². The third-order valence-electron chi connectivity index (χ3n) is 2.59. The van der Waals surface area contributed by atoms with Gasteiger partial charge in [-0.05, 0) is 32.0 Å². The van der Waals surface area contributed by atoms with Crippen LogP contribution in [0.1, 0.15) is 29.8 Å². The predicted molar refractivity (Wildman–Crippen MR) is 69.6 cm³/mol. The third-order valence-corrected chi connectivity index (χ3v) is 2.59. The van der Waals surface area contributed by atoms with Gasteiger partial charge in [0.15, 0.2) is 0 Å². The zero-order valence-corrected chi connectivity index (χ0v) is 10.7.